The second-order valence-corrected chi connectivity index (χ2v) is 10.2. The standard InChI is InChI=1S/C29H35N3O4/c1-29(28(34)30-22-11-6-4-3-5-7-12-22)20-31-24(26-14-9-17-36-26)15-16-25(31)27(33)32(29)19-21-10-8-13-23(18-21)35-2/h8-10,13-18,22H,3-7,11-12,19-20H2,1-2H3,(H,30,34)/t29-/m0/s1. The Morgan fingerprint density at radius 1 is 1.06 bits per heavy atom. The summed E-state index contributed by atoms with van der Waals surface area (Å²) >= 11 is 0. The molecule has 36 heavy (non-hydrogen) atoms. The summed E-state index contributed by atoms with van der Waals surface area (Å²) in [6.07, 6.45) is 9.53. The van der Waals surface area contributed by atoms with Crippen LogP contribution in [0.5, 0.6) is 5.75 Å². The lowest BCUT2D eigenvalue weighted by atomic mass is 9.91. The first kappa shape index (κ1) is 24.2. The summed E-state index contributed by atoms with van der Waals surface area (Å²) < 4.78 is 13.0. The number of aromatic nitrogens is 1. The number of carbonyl (C=O) groups is 2. The highest BCUT2D eigenvalue weighted by Gasteiger charge is 2.48. The number of nitrogens with zero attached hydrogens (tertiary/aromatic N) is 2. The second-order valence-electron chi connectivity index (χ2n) is 10.2. The molecule has 3 aromatic rings. The number of benzene rings is 1. The Labute approximate surface area is 212 Å². The van der Waals surface area contributed by atoms with Crippen molar-refractivity contribution in [1.82, 2.24) is 14.8 Å². The van der Waals surface area contributed by atoms with Crippen LogP contribution < -0.4 is 10.1 Å². The van der Waals surface area contributed by atoms with Gasteiger partial charge < -0.3 is 23.9 Å². The third-order valence-electron chi connectivity index (χ3n) is 7.68. The summed E-state index contributed by atoms with van der Waals surface area (Å²) in [5.41, 5.74) is 1.20. The fourth-order valence-corrected chi connectivity index (χ4v) is 5.56. The summed E-state index contributed by atoms with van der Waals surface area (Å²) in [7, 11) is 1.63. The molecule has 1 atom stereocenters. The number of rotatable bonds is 6. The summed E-state index contributed by atoms with van der Waals surface area (Å²) in [5, 5.41) is 3.34. The zero-order valence-electron chi connectivity index (χ0n) is 21.2. The molecule has 1 aromatic carbocycles. The predicted octanol–water partition coefficient (Wildman–Crippen LogP) is 5.40. The van der Waals surface area contributed by atoms with E-state index in [0.29, 0.717) is 24.5 Å². The molecule has 2 aliphatic rings. The van der Waals surface area contributed by atoms with Crippen molar-refractivity contribution in [3.63, 3.8) is 0 Å². The summed E-state index contributed by atoms with van der Waals surface area (Å²) in [4.78, 5) is 29.7. The maximum atomic E-state index is 14.0. The van der Waals surface area contributed by atoms with Crippen molar-refractivity contribution < 1.29 is 18.7 Å². The number of methoxy groups -OCH3 is 1. The lowest BCUT2D eigenvalue weighted by Crippen LogP contribution is -2.64. The van der Waals surface area contributed by atoms with Crippen LogP contribution in [0.25, 0.3) is 11.5 Å². The van der Waals surface area contributed by atoms with Crippen LogP contribution in [0.3, 0.4) is 0 Å². The van der Waals surface area contributed by atoms with Crippen molar-refractivity contribution in [3.8, 4) is 17.2 Å². The smallest absolute Gasteiger partial charge is 0.271 e. The van der Waals surface area contributed by atoms with Gasteiger partial charge in [0.15, 0.2) is 0 Å². The van der Waals surface area contributed by atoms with Crippen molar-refractivity contribution in [1.29, 1.82) is 0 Å². The molecule has 2 aromatic heterocycles. The average Bonchev–Trinajstić information content (AvgIpc) is 3.53. The van der Waals surface area contributed by atoms with Gasteiger partial charge >= 0.3 is 0 Å². The minimum atomic E-state index is -1.07. The number of hydrogen-bond donors (Lipinski definition) is 1. The maximum Gasteiger partial charge on any atom is 0.271 e. The van der Waals surface area contributed by atoms with E-state index < -0.39 is 5.54 Å². The molecule has 0 saturated heterocycles. The van der Waals surface area contributed by atoms with Crippen LogP contribution >= 0.6 is 0 Å². The quantitative estimate of drug-likeness (QED) is 0.503. The predicted molar refractivity (Wildman–Crippen MR) is 138 cm³/mol. The van der Waals surface area contributed by atoms with Crippen LogP contribution in [0.1, 0.15) is 67.9 Å². The van der Waals surface area contributed by atoms with E-state index in [2.05, 4.69) is 5.32 Å². The minimum Gasteiger partial charge on any atom is -0.497 e. The van der Waals surface area contributed by atoms with E-state index in [-0.39, 0.29) is 17.9 Å². The number of hydrogen-bond acceptors (Lipinski definition) is 4. The van der Waals surface area contributed by atoms with Gasteiger partial charge in [-0.25, -0.2) is 0 Å². The van der Waals surface area contributed by atoms with Crippen LogP contribution in [0.15, 0.2) is 59.2 Å². The molecular weight excluding hydrogens is 454 g/mol. The molecule has 1 N–H and O–H groups in total. The van der Waals surface area contributed by atoms with Crippen molar-refractivity contribution in [2.24, 2.45) is 0 Å². The lowest BCUT2D eigenvalue weighted by molar-refractivity contribution is -0.134. The molecule has 1 aliphatic heterocycles. The van der Waals surface area contributed by atoms with Gasteiger partial charge in [-0.2, -0.15) is 0 Å². The zero-order chi connectivity index (χ0) is 25.1. The zero-order valence-corrected chi connectivity index (χ0v) is 21.2. The fraction of sp³-hybridized carbons (Fsp3) is 0.448. The average molecular weight is 490 g/mol. The summed E-state index contributed by atoms with van der Waals surface area (Å²) in [6, 6.07) is 15.2. The van der Waals surface area contributed by atoms with Gasteiger partial charge in [0.1, 0.15) is 22.7 Å². The minimum absolute atomic E-state index is 0.103. The van der Waals surface area contributed by atoms with Crippen molar-refractivity contribution in [2.75, 3.05) is 7.11 Å². The molecule has 3 heterocycles. The molecule has 5 rings (SSSR count). The van der Waals surface area contributed by atoms with Crippen molar-refractivity contribution >= 4 is 11.8 Å². The van der Waals surface area contributed by atoms with Crippen molar-refractivity contribution in [3.05, 3.63) is 66.1 Å². The molecule has 0 bridgehead atoms. The van der Waals surface area contributed by atoms with Gasteiger partial charge in [-0.15, -0.1) is 0 Å². The Morgan fingerprint density at radius 3 is 2.53 bits per heavy atom. The third-order valence-corrected chi connectivity index (χ3v) is 7.68. The highest BCUT2D eigenvalue weighted by Crippen LogP contribution is 2.35. The molecule has 1 aliphatic carbocycles. The fourth-order valence-electron chi connectivity index (χ4n) is 5.56. The lowest BCUT2D eigenvalue weighted by Gasteiger charge is -2.45. The highest BCUT2D eigenvalue weighted by atomic mass is 16.5. The van der Waals surface area contributed by atoms with Gasteiger partial charge in [-0.3, -0.25) is 9.59 Å². The SMILES string of the molecule is COc1cccc(CN2C(=O)c3ccc(-c4ccco4)n3C[C@@]2(C)C(=O)NC2CCCCCCC2)c1. The van der Waals surface area contributed by atoms with E-state index >= 15 is 0 Å². The van der Waals surface area contributed by atoms with Crippen LogP contribution in [-0.2, 0) is 17.9 Å². The maximum absolute atomic E-state index is 14.0. The Bertz CT molecular complexity index is 1210. The van der Waals surface area contributed by atoms with Crippen molar-refractivity contribution in [2.45, 2.75) is 76.5 Å². The van der Waals surface area contributed by atoms with Gasteiger partial charge in [0, 0.05) is 12.6 Å². The van der Waals surface area contributed by atoms with Gasteiger partial charge in [0.05, 0.1) is 25.6 Å². The summed E-state index contributed by atoms with van der Waals surface area (Å²) in [5.74, 6) is 1.13. The molecule has 0 unspecified atom stereocenters. The Kier molecular flexibility index (Phi) is 6.90. The van der Waals surface area contributed by atoms with Crippen LogP contribution in [-0.4, -0.2) is 40.0 Å². The van der Waals surface area contributed by atoms with E-state index in [1.807, 2.05) is 60.0 Å². The van der Waals surface area contributed by atoms with Gasteiger partial charge in [0.25, 0.3) is 5.91 Å². The molecule has 190 valence electrons. The van der Waals surface area contributed by atoms with Crippen LogP contribution in [0, 0.1) is 0 Å². The molecule has 7 nitrogen and oxygen atoms in total. The highest BCUT2D eigenvalue weighted by molar-refractivity contribution is 6.00. The number of nitrogens with one attached hydrogen (secondary N) is 1. The summed E-state index contributed by atoms with van der Waals surface area (Å²) in [6.45, 7) is 2.55. The van der Waals surface area contributed by atoms with Crippen LogP contribution in [0.4, 0.5) is 0 Å². The first-order chi connectivity index (χ1) is 17.5. The molecule has 1 fully saturated rings. The number of ether oxygens (including phenoxy) is 1. The largest absolute Gasteiger partial charge is 0.497 e. The molecule has 0 radical (unpaired) electrons. The molecular formula is C29H35N3O4. The first-order valence-electron chi connectivity index (χ1n) is 13.0. The third kappa shape index (κ3) is 4.66. The monoisotopic (exact) mass is 489 g/mol. The molecule has 0 spiro atoms. The van der Waals surface area contributed by atoms with Gasteiger partial charge in [0.2, 0.25) is 5.91 Å². The Morgan fingerprint density at radius 2 is 1.81 bits per heavy atom. The van der Waals surface area contributed by atoms with E-state index in [1.165, 1.54) is 19.3 Å². The normalized spacial score (nSPS) is 20.9. The Hall–Kier alpha value is -3.48. The van der Waals surface area contributed by atoms with E-state index in [4.69, 9.17) is 9.15 Å². The number of amides is 2. The Balaban J connectivity index is 1.50. The van der Waals surface area contributed by atoms with Gasteiger partial charge in [-0.1, -0.05) is 44.2 Å². The van der Waals surface area contributed by atoms with Crippen LogP contribution in [0.2, 0.25) is 0 Å². The number of carbonyl (C=O) groups excluding carboxylic acids is 2. The van der Waals surface area contributed by atoms with E-state index in [1.54, 1.807) is 18.3 Å². The number of furan rings is 1. The molecule has 7 heteroatoms. The first-order valence-corrected chi connectivity index (χ1v) is 13.0. The number of fused-ring (bicyclic) bond motifs is 1. The second kappa shape index (κ2) is 10.2. The molecule has 2 amide bonds. The van der Waals surface area contributed by atoms with E-state index in [0.717, 1.165) is 42.7 Å². The van der Waals surface area contributed by atoms with E-state index in [9.17, 15) is 9.59 Å². The van der Waals surface area contributed by atoms with Gasteiger partial charge in [-0.05, 0) is 61.7 Å². The molecule has 1 saturated carbocycles. The topological polar surface area (TPSA) is 76.7 Å².